The highest BCUT2D eigenvalue weighted by Crippen LogP contribution is 2.48. The van der Waals surface area contributed by atoms with E-state index in [9.17, 15) is 0 Å². The van der Waals surface area contributed by atoms with Gasteiger partial charge >= 0.3 is 0 Å². The van der Waals surface area contributed by atoms with Crippen LogP contribution < -0.4 is 0 Å². The predicted octanol–water partition coefficient (Wildman–Crippen LogP) is 3.51. The minimum atomic E-state index is 0.961. The molecule has 118 valence electrons. The van der Waals surface area contributed by atoms with Gasteiger partial charge in [0.2, 0.25) is 0 Å². The zero-order valence-corrected chi connectivity index (χ0v) is 13.6. The molecule has 0 aromatic carbocycles. The lowest BCUT2D eigenvalue weighted by Gasteiger charge is -2.61. The highest BCUT2D eigenvalue weighted by Gasteiger charge is 2.51. The summed E-state index contributed by atoms with van der Waals surface area (Å²) < 4.78 is 0. The SMILES string of the molecule is C1CCC2C(C1)CCC1C3CC(CN4CCCCC34)CN21. The van der Waals surface area contributed by atoms with Crippen LogP contribution in [0, 0.1) is 17.8 Å². The summed E-state index contributed by atoms with van der Waals surface area (Å²) in [5.74, 6) is 3.10. The first kappa shape index (κ1) is 13.4. The largest absolute Gasteiger partial charge is 0.300 e. The van der Waals surface area contributed by atoms with Crippen LogP contribution in [0.1, 0.15) is 64.2 Å². The van der Waals surface area contributed by atoms with Crippen molar-refractivity contribution in [3.8, 4) is 0 Å². The molecule has 2 nitrogen and oxygen atoms in total. The molecule has 4 saturated heterocycles. The van der Waals surface area contributed by atoms with E-state index >= 15 is 0 Å². The third-order valence-corrected chi connectivity index (χ3v) is 7.77. The van der Waals surface area contributed by atoms with Crippen LogP contribution in [-0.4, -0.2) is 47.6 Å². The number of piperidine rings is 4. The summed E-state index contributed by atoms with van der Waals surface area (Å²) in [6.45, 7) is 4.30. The maximum atomic E-state index is 3.07. The molecule has 0 aromatic heterocycles. The summed E-state index contributed by atoms with van der Waals surface area (Å²) in [5.41, 5.74) is 0. The molecule has 0 radical (unpaired) electrons. The molecule has 6 atom stereocenters. The van der Waals surface area contributed by atoms with E-state index in [2.05, 4.69) is 9.80 Å². The van der Waals surface area contributed by atoms with Gasteiger partial charge in [0.05, 0.1) is 0 Å². The normalized spacial score (nSPS) is 50.9. The van der Waals surface area contributed by atoms with Crippen molar-refractivity contribution < 1.29 is 0 Å². The smallest absolute Gasteiger partial charge is 0.0142 e. The summed E-state index contributed by atoms with van der Waals surface area (Å²) in [6.07, 6.45) is 15.2. The van der Waals surface area contributed by atoms with Gasteiger partial charge in [-0.3, -0.25) is 9.80 Å². The molecular formula is C19H32N2. The van der Waals surface area contributed by atoms with Gasteiger partial charge in [-0.25, -0.2) is 0 Å². The molecule has 21 heavy (non-hydrogen) atoms. The van der Waals surface area contributed by atoms with E-state index in [1.807, 2.05) is 0 Å². The molecule has 4 heterocycles. The lowest BCUT2D eigenvalue weighted by molar-refractivity contribution is -0.112. The molecule has 0 amide bonds. The predicted molar refractivity (Wildman–Crippen MR) is 86.3 cm³/mol. The minimum absolute atomic E-state index is 0.961. The van der Waals surface area contributed by atoms with Crippen molar-refractivity contribution in [1.29, 1.82) is 0 Å². The minimum Gasteiger partial charge on any atom is -0.300 e. The molecule has 0 aromatic rings. The second-order valence-corrected chi connectivity index (χ2v) is 8.78. The number of rotatable bonds is 0. The Bertz CT molecular complexity index is 387. The van der Waals surface area contributed by atoms with Crippen LogP contribution in [0.5, 0.6) is 0 Å². The zero-order valence-electron chi connectivity index (χ0n) is 13.6. The lowest BCUT2D eigenvalue weighted by atomic mass is 9.66. The molecule has 6 unspecified atom stereocenters. The Morgan fingerprint density at radius 2 is 1.52 bits per heavy atom. The molecular weight excluding hydrogens is 256 g/mol. The fraction of sp³-hybridized carbons (Fsp3) is 1.00. The van der Waals surface area contributed by atoms with Crippen molar-refractivity contribution in [2.24, 2.45) is 17.8 Å². The van der Waals surface area contributed by atoms with Crippen molar-refractivity contribution >= 4 is 0 Å². The number of nitrogens with zero attached hydrogens (tertiary/aromatic N) is 2. The maximum absolute atomic E-state index is 3.07. The van der Waals surface area contributed by atoms with Crippen molar-refractivity contribution in [1.82, 2.24) is 9.80 Å². The van der Waals surface area contributed by atoms with Crippen LogP contribution >= 0.6 is 0 Å². The van der Waals surface area contributed by atoms with Crippen LogP contribution in [0.4, 0.5) is 0 Å². The Morgan fingerprint density at radius 1 is 0.667 bits per heavy atom. The van der Waals surface area contributed by atoms with Gasteiger partial charge in [0.25, 0.3) is 0 Å². The summed E-state index contributed by atoms with van der Waals surface area (Å²) >= 11 is 0. The van der Waals surface area contributed by atoms with Crippen LogP contribution in [-0.2, 0) is 0 Å². The average molecular weight is 288 g/mol. The summed E-state index contributed by atoms with van der Waals surface area (Å²) in [4.78, 5) is 5.98. The molecule has 4 aliphatic heterocycles. The first-order valence-corrected chi connectivity index (χ1v) is 9.90. The lowest BCUT2D eigenvalue weighted by Crippen LogP contribution is -2.67. The van der Waals surface area contributed by atoms with Gasteiger partial charge in [-0.05, 0) is 69.2 Å². The van der Waals surface area contributed by atoms with E-state index in [1.54, 1.807) is 19.3 Å². The monoisotopic (exact) mass is 288 g/mol. The van der Waals surface area contributed by atoms with Crippen molar-refractivity contribution in [2.75, 3.05) is 19.6 Å². The molecule has 1 saturated carbocycles. The molecule has 5 aliphatic rings. The fourth-order valence-corrected chi connectivity index (χ4v) is 7.01. The molecule has 2 bridgehead atoms. The van der Waals surface area contributed by atoms with Crippen LogP contribution in [0.3, 0.4) is 0 Å². The van der Waals surface area contributed by atoms with Gasteiger partial charge in [-0.2, -0.15) is 0 Å². The van der Waals surface area contributed by atoms with Crippen molar-refractivity contribution in [3.63, 3.8) is 0 Å². The van der Waals surface area contributed by atoms with E-state index in [1.165, 1.54) is 64.6 Å². The summed E-state index contributed by atoms with van der Waals surface area (Å²) in [5, 5.41) is 0. The molecule has 1 aliphatic carbocycles. The second-order valence-electron chi connectivity index (χ2n) is 8.78. The van der Waals surface area contributed by atoms with Gasteiger partial charge in [0, 0.05) is 31.2 Å². The highest BCUT2D eigenvalue weighted by atomic mass is 15.3. The topological polar surface area (TPSA) is 6.48 Å². The first-order valence-electron chi connectivity index (χ1n) is 9.90. The second kappa shape index (κ2) is 5.23. The average Bonchev–Trinajstić information content (AvgIpc) is 2.55. The van der Waals surface area contributed by atoms with Crippen LogP contribution in [0.2, 0.25) is 0 Å². The third-order valence-electron chi connectivity index (χ3n) is 7.77. The van der Waals surface area contributed by atoms with Gasteiger partial charge in [0.1, 0.15) is 0 Å². The Morgan fingerprint density at radius 3 is 2.52 bits per heavy atom. The van der Waals surface area contributed by atoms with E-state index in [0.29, 0.717) is 0 Å². The number of hydrogen-bond acceptors (Lipinski definition) is 2. The van der Waals surface area contributed by atoms with E-state index in [4.69, 9.17) is 0 Å². The van der Waals surface area contributed by atoms with E-state index in [0.717, 1.165) is 35.9 Å². The quantitative estimate of drug-likeness (QED) is 0.673. The number of fused-ring (bicyclic) bond motifs is 8. The van der Waals surface area contributed by atoms with Gasteiger partial charge in [0.15, 0.2) is 0 Å². The highest BCUT2D eigenvalue weighted by molar-refractivity contribution is 5.05. The summed E-state index contributed by atoms with van der Waals surface area (Å²) in [6, 6.07) is 2.91. The van der Waals surface area contributed by atoms with E-state index < -0.39 is 0 Å². The van der Waals surface area contributed by atoms with Gasteiger partial charge in [-0.1, -0.05) is 19.3 Å². The Hall–Kier alpha value is -0.0800. The third kappa shape index (κ3) is 2.12. The zero-order chi connectivity index (χ0) is 13.8. The van der Waals surface area contributed by atoms with Gasteiger partial charge < -0.3 is 0 Å². The Kier molecular flexibility index (Phi) is 3.33. The fourth-order valence-electron chi connectivity index (χ4n) is 7.01. The van der Waals surface area contributed by atoms with Crippen LogP contribution in [0.15, 0.2) is 0 Å². The molecule has 0 spiro atoms. The van der Waals surface area contributed by atoms with Gasteiger partial charge in [-0.15, -0.1) is 0 Å². The Labute approximate surface area is 130 Å². The van der Waals surface area contributed by atoms with Crippen molar-refractivity contribution in [3.05, 3.63) is 0 Å². The Balaban J connectivity index is 1.42. The molecule has 5 fully saturated rings. The molecule has 5 rings (SSSR count). The van der Waals surface area contributed by atoms with Crippen LogP contribution in [0.25, 0.3) is 0 Å². The van der Waals surface area contributed by atoms with E-state index in [-0.39, 0.29) is 0 Å². The standard InChI is InChI=1S/C19H32N2/c1-2-6-17-15(5-1)8-9-19-16-11-14(13-21(17)19)12-20-10-4-3-7-18(16)20/h14-19H,1-13H2. The summed E-state index contributed by atoms with van der Waals surface area (Å²) in [7, 11) is 0. The number of hydrogen-bond donors (Lipinski definition) is 0. The van der Waals surface area contributed by atoms with Crippen molar-refractivity contribution in [2.45, 2.75) is 82.3 Å². The maximum Gasteiger partial charge on any atom is 0.0142 e. The molecule has 0 N–H and O–H groups in total. The molecule has 2 heteroatoms. The first-order chi connectivity index (χ1) is 10.4.